The van der Waals surface area contributed by atoms with Crippen LogP contribution in [0, 0.1) is 12.8 Å². The van der Waals surface area contributed by atoms with Gasteiger partial charge in [-0.25, -0.2) is 0 Å². The summed E-state index contributed by atoms with van der Waals surface area (Å²) in [5, 5.41) is 4.08. The molecule has 0 bridgehead atoms. The van der Waals surface area contributed by atoms with Gasteiger partial charge in [-0.2, -0.15) is 4.98 Å². The van der Waals surface area contributed by atoms with Crippen LogP contribution in [0.1, 0.15) is 49.0 Å². The Labute approximate surface area is 140 Å². The maximum atomic E-state index is 12.4. The number of ether oxygens (including phenoxy) is 1. The fourth-order valence-electron chi connectivity index (χ4n) is 3.11. The van der Waals surface area contributed by atoms with E-state index in [2.05, 4.69) is 10.1 Å². The van der Waals surface area contributed by atoms with Crippen molar-refractivity contribution in [2.75, 3.05) is 6.54 Å². The van der Waals surface area contributed by atoms with Crippen LogP contribution < -0.4 is 4.74 Å². The van der Waals surface area contributed by atoms with E-state index in [1.54, 1.807) is 0 Å². The molecule has 2 fully saturated rings. The molecule has 0 spiro atoms. The minimum Gasteiger partial charge on any atom is -0.484 e. The van der Waals surface area contributed by atoms with Crippen molar-refractivity contribution >= 4 is 5.91 Å². The molecule has 1 amide bonds. The molecule has 1 aliphatic carbocycles. The van der Waals surface area contributed by atoms with Crippen LogP contribution in [0.15, 0.2) is 28.8 Å². The van der Waals surface area contributed by atoms with Crippen molar-refractivity contribution in [1.29, 1.82) is 0 Å². The summed E-state index contributed by atoms with van der Waals surface area (Å²) < 4.78 is 11.0. The fourth-order valence-corrected chi connectivity index (χ4v) is 3.11. The minimum absolute atomic E-state index is 0.0463. The van der Waals surface area contributed by atoms with Gasteiger partial charge in [-0.15, -0.1) is 0 Å². The molecule has 6 heteroatoms. The third-order valence-electron chi connectivity index (χ3n) is 4.63. The monoisotopic (exact) mass is 327 g/mol. The van der Waals surface area contributed by atoms with Gasteiger partial charge in [0.2, 0.25) is 5.91 Å². The Kier molecular flexibility index (Phi) is 3.96. The van der Waals surface area contributed by atoms with E-state index in [1.807, 2.05) is 36.1 Å². The Bertz CT molecular complexity index is 721. The summed E-state index contributed by atoms with van der Waals surface area (Å²) in [6.45, 7) is 3.06. The summed E-state index contributed by atoms with van der Waals surface area (Å²) in [5.41, 5.74) is 1.18. The first-order valence-electron chi connectivity index (χ1n) is 8.53. The second kappa shape index (κ2) is 6.26. The van der Waals surface area contributed by atoms with E-state index in [4.69, 9.17) is 9.26 Å². The predicted octanol–water partition coefficient (Wildman–Crippen LogP) is 3.03. The molecule has 1 saturated heterocycles. The smallest absolute Gasteiger partial charge is 0.264 e. The largest absolute Gasteiger partial charge is 0.484 e. The normalized spacial score (nSPS) is 20.4. The van der Waals surface area contributed by atoms with Crippen molar-refractivity contribution < 1.29 is 14.1 Å². The molecule has 2 heterocycles. The number of hydrogen-bond donors (Lipinski definition) is 0. The lowest BCUT2D eigenvalue weighted by Crippen LogP contribution is -2.32. The number of carbonyl (C=O) groups is 1. The molecular formula is C18H21N3O3. The van der Waals surface area contributed by atoms with Crippen LogP contribution >= 0.6 is 0 Å². The molecule has 1 atom stereocenters. The van der Waals surface area contributed by atoms with Crippen LogP contribution in [0.3, 0.4) is 0 Å². The van der Waals surface area contributed by atoms with Gasteiger partial charge >= 0.3 is 0 Å². The van der Waals surface area contributed by atoms with Crippen LogP contribution in [-0.2, 0) is 11.4 Å². The average Bonchev–Trinajstić information content (AvgIpc) is 3.14. The molecule has 6 nitrogen and oxygen atoms in total. The summed E-state index contributed by atoms with van der Waals surface area (Å²) in [7, 11) is 0. The maximum Gasteiger partial charge on any atom is 0.264 e. The lowest BCUT2D eigenvalue weighted by Gasteiger charge is -2.21. The summed E-state index contributed by atoms with van der Waals surface area (Å²) >= 11 is 0. The van der Waals surface area contributed by atoms with E-state index in [0.717, 1.165) is 38.0 Å². The number of amides is 1. The van der Waals surface area contributed by atoms with E-state index in [-0.39, 0.29) is 24.5 Å². The van der Waals surface area contributed by atoms with Crippen LogP contribution in [0.4, 0.5) is 0 Å². The van der Waals surface area contributed by atoms with Gasteiger partial charge in [-0.1, -0.05) is 22.9 Å². The highest BCUT2D eigenvalue weighted by Gasteiger charge is 2.40. The molecule has 1 aromatic heterocycles. The van der Waals surface area contributed by atoms with Crippen molar-refractivity contribution in [2.45, 2.75) is 45.3 Å². The SMILES string of the molecule is Cc1ccc(OCc2nc(C3CCCN3C(=O)C3CC3)no2)cc1. The van der Waals surface area contributed by atoms with Gasteiger partial charge in [-0.05, 0) is 44.7 Å². The number of hydrogen-bond acceptors (Lipinski definition) is 5. The topological polar surface area (TPSA) is 68.5 Å². The zero-order valence-corrected chi connectivity index (χ0v) is 13.8. The van der Waals surface area contributed by atoms with Crippen molar-refractivity contribution in [3.63, 3.8) is 0 Å². The second-order valence-corrected chi connectivity index (χ2v) is 6.61. The quantitative estimate of drug-likeness (QED) is 0.844. The third-order valence-corrected chi connectivity index (χ3v) is 4.63. The Balaban J connectivity index is 1.40. The summed E-state index contributed by atoms with van der Waals surface area (Å²) in [6.07, 6.45) is 3.93. The highest BCUT2D eigenvalue weighted by molar-refractivity contribution is 5.81. The first-order chi connectivity index (χ1) is 11.7. The highest BCUT2D eigenvalue weighted by Crippen LogP contribution is 2.37. The molecular weight excluding hydrogens is 306 g/mol. The van der Waals surface area contributed by atoms with Crippen LogP contribution in [0.2, 0.25) is 0 Å². The van der Waals surface area contributed by atoms with E-state index in [0.29, 0.717) is 11.7 Å². The van der Waals surface area contributed by atoms with Crippen LogP contribution in [0.5, 0.6) is 5.75 Å². The summed E-state index contributed by atoms with van der Waals surface area (Å²) in [5.74, 6) is 2.29. The van der Waals surface area contributed by atoms with E-state index < -0.39 is 0 Å². The van der Waals surface area contributed by atoms with Gasteiger partial charge in [0.25, 0.3) is 5.89 Å². The number of benzene rings is 1. The lowest BCUT2D eigenvalue weighted by molar-refractivity contribution is -0.133. The molecule has 24 heavy (non-hydrogen) atoms. The molecule has 1 aliphatic heterocycles. The Morgan fingerprint density at radius 3 is 2.83 bits per heavy atom. The number of likely N-dealkylation sites (tertiary alicyclic amines) is 1. The summed E-state index contributed by atoms with van der Waals surface area (Å²) in [6, 6.07) is 7.78. The Hall–Kier alpha value is -2.37. The number of nitrogens with zero attached hydrogens (tertiary/aromatic N) is 3. The van der Waals surface area contributed by atoms with Gasteiger partial charge < -0.3 is 14.2 Å². The molecule has 4 rings (SSSR count). The molecule has 0 radical (unpaired) electrons. The number of aryl methyl sites for hydroxylation is 1. The minimum atomic E-state index is -0.0463. The molecule has 1 saturated carbocycles. The standard InChI is InChI=1S/C18H21N3O3/c1-12-4-8-14(9-5-12)23-11-16-19-17(20-24-16)15-3-2-10-21(15)18(22)13-6-7-13/h4-5,8-9,13,15H,2-3,6-7,10-11H2,1H3. The van der Waals surface area contributed by atoms with E-state index in [9.17, 15) is 4.79 Å². The first-order valence-corrected chi connectivity index (χ1v) is 8.53. The lowest BCUT2D eigenvalue weighted by atomic mass is 10.2. The molecule has 1 unspecified atom stereocenters. The van der Waals surface area contributed by atoms with Gasteiger partial charge in [-0.3, -0.25) is 4.79 Å². The molecule has 2 aromatic rings. The van der Waals surface area contributed by atoms with Gasteiger partial charge in [0.15, 0.2) is 12.4 Å². The molecule has 2 aliphatic rings. The predicted molar refractivity (Wildman–Crippen MR) is 86.2 cm³/mol. The number of rotatable bonds is 5. The molecule has 0 N–H and O–H groups in total. The van der Waals surface area contributed by atoms with Crippen molar-refractivity contribution in [3.05, 3.63) is 41.5 Å². The Morgan fingerprint density at radius 1 is 1.29 bits per heavy atom. The highest BCUT2D eigenvalue weighted by atomic mass is 16.5. The summed E-state index contributed by atoms with van der Waals surface area (Å²) in [4.78, 5) is 18.7. The Morgan fingerprint density at radius 2 is 2.08 bits per heavy atom. The maximum absolute atomic E-state index is 12.4. The average molecular weight is 327 g/mol. The van der Waals surface area contributed by atoms with E-state index >= 15 is 0 Å². The third kappa shape index (κ3) is 3.13. The number of carbonyl (C=O) groups excluding carboxylic acids is 1. The number of aromatic nitrogens is 2. The zero-order valence-electron chi connectivity index (χ0n) is 13.8. The van der Waals surface area contributed by atoms with E-state index in [1.165, 1.54) is 5.56 Å². The second-order valence-electron chi connectivity index (χ2n) is 6.61. The van der Waals surface area contributed by atoms with Crippen molar-refractivity contribution in [3.8, 4) is 5.75 Å². The van der Waals surface area contributed by atoms with Crippen molar-refractivity contribution in [1.82, 2.24) is 15.0 Å². The van der Waals surface area contributed by atoms with Crippen LogP contribution in [0.25, 0.3) is 0 Å². The van der Waals surface area contributed by atoms with Crippen molar-refractivity contribution in [2.24, 2.45) is 5.92 Å². The molecule has 126 valence electrons. The molecule has 1 aromatic carbocycles. The van der Waals surface area contributed by atoms with Gasteiger partial charge in [0, 0.05) is 12.5 Å². The van der Waals surface area contributed by atoms with Crippen LogP contribution in [-0.4, -0.2) is 27.5 Å². The van der Waals surface area contributed by atoms with Gasteiger partial charge in [0.05, 0.1) is 6.04 Å². The zero-order chi connectivity index (χ0) is 16.5. The van der Waals surface area contributed by atoms with Gasteiger partial charge in [0.1, 0.15) is 5.75 Å². The first kappa shape index (κ1) is 15.2. The fraction of sp³-hybridized carbons (Fsp3) is 0.500.